The fraction of sp³-hybridized carbons (Fsp3) is 0.304. The van der Waals surface area contributed by atoms with E-state index in [-0.39, 0.29) is 5.91 Å². The van der Waals surface area contributed by atoms with Gasteiger partial charge in [-0.25, -0.2) is 4.68 Å². The molecule has 1 amide bonds. The lowest BCUT2D eigenvalue weighted by molar-refractivity contribution is 0.0979. The highest BCUT2D eigenvalue weighted by Gasteiger charge is 2.31. The Morgan fingerprint density at radius 2 is 1.85 bits per heavy atom. The molecular weight excluding hydrogens is 334 g/mol. The minimum absolute atomic E-state index is 0.0487. The summed E-state index contributed by atoms with van der Waals surface area (Å²) in [4.78, 5) is 15.4. The standard InChI is InChI=1S/C23H23N3O/c1-16-12-13-20-17(15-16)7-6-14-25(20)23(27)22-19-10-5-11-21(19)26(24-22)18-8-3-2-4-9-18/h2-4,8-9,12-13,15H,5-7,10-11,14H2,1H3. The first-order valence-corrected chi connectivity index (χ1v) is 9.80. The summed E-state index contributed by atoms with van der Waals surface area (Å²) in [6.07, 6.45) is 5.06. The third-order valence-corrected chi connectivity index (χ3v) is 5.73. The Labute approximate surface area is 159 Å². The summed E-state index contributed by atoms with van der Waals surface area (Å²) in [6.45, 7) is 2.87. The number of nitrogens with zero attached hydrogens (tertiary/aromatic N) is 3. The van der Waals surface area contributed by atoms with E-state index in [4.69, 9.17) is 5.10 Å². The molecule has 5 rings (SSSR count). The molecule has 0 spiro atoms. The van der Waals surface area contributed by atoms with Crippen molar-refractivity contribution in [1.29, 1.82) is 0 Å². The Bertz CT molecular complexity index is 1020. The van der Waals surface area contributed by atoms with E-state index >= 15 is 0 Å². The van der Waals surface area contributed by atoms with Crippen molar-refractivity contribution in [2.24, 2.45) is 0 Å². The first kappa shape index (κ1) is 16.3. The molecule has 0 fully saturated rings. The van der Waals surface area contributed by atoms with Gasteiger partial charge in [0.05, 0.1) is 5.69 Å². The Hall–Kier alpha value is -2.88. The van der Waals surface area contributed by atoms with E-state index in [9.17, 15) is 4.79 Å². The van der Waals surface area contributed by atoms with Gasteiger partial charge in [0.1, 0.15) is 0 Å². The van der Waals surface area contributed by atoms with Crippen LogP contribution in [0.5, 0.6) is 0 Å². The van der Waals surface area contributed by atoms with Gasteiger partial charge < -0.3 is 4.90 Å². The quantitative estimate of drug-likeness (QED) is 0.687. The summed E-state index contributed by atoms with van der Waals surface area (Å²) >= 11 is 0. The van der Waals surface area contributed by atoms with Crippen LogP contribution in [-0.2, 0) is 19.3 Å². The van der Waals surface area contributed by atoms with E-state index in [2.05, 4.69) is 37.3 Å². The second-order valence-corrected chi connectivity index (χ2v) is 7.57. The number of anilines is 1. The molecule has 0 saturated heterocycles. The number of amides is 1. The van der Waals surface area contributed by atoms with Crippen molar-refractivity contribution >= 4 is 11.6 Å². The van der Waals surface area contributed by atoms with E-state index < -0.39 is 0 Å². The predicted octanol–water partition coefficient (Wildman–Crippen LogP) is 4.26. The second-order valence-electron chi connectivity index (χ2n) is 7.57. The van der Waals surface area contributed by atoms with Crippen molar-refractivity contribution in [2.45, 2.75) is 39.0 Å². The monoisotopic (exact) mass is 357 g/mol. The van der Waals surface area contributed by atoms with Crippen molar-refractivity contribution in [3.8, 4) is 5.69 Å². The van der Waals surface area contributed by atoms with Crippen LogP contribution >= 0.6 is 0 Å². The lowest BCUT2D eigenvalue weighted by atomic mass is 9.99. The molecule has 1 aromatic heterocycles. The average molecular weight is 357 g/mol. The molecule has 4 heteroatoms. The summed E-state index contributed by atoms with van der Waals surface area (Å²) < 4.78 is 1.98. The van der Waals surface area contributed by atoms with Gasteiger partial charge in [0, 0.05) is 23.5 Å². The lowest BCUT2D eigenvalue weighted by Crippen LogP contribution is -2.36. The average Bonchev–Trinajstić information content (AvgIpc) is 3.30. The van der Waals surface area contributed by atoms with Crippen LogP contribution < -0.4 is 4.90 Å². The molecule has 1 aliphatic carbocycles. The first-order chi connectivity index (χ1) is 13.2. The molecule has 2 aliphatic rings. The maximum Gasteiger partial charge on any atom is 0.279 e. The van der Waals surface area contributed by atoms with Gasteiger partial charge in [-0.1, -0.05) is 35.9 Å². The Balaban J connectivity index is 1.58. The molecule has 0 unspecified atom stereocenters. The zero-order valence-corrected chi connectivity index (χ0v) is 15.6. The van der Waals surface area contributed by atoms with Crippen molar-refractivity contribution in [3.05, 3.63) is 76.6 Å². The molecule has 0 N–H and O–H groups in total. The van der Waals surface area contributed by atoms with Gasteiger partial charge in [0.2, 0.25) is 0 Å². The van der Waals surface area contributed by atoms with Crippen LogP contribution in [0.25, 0.3) is 5.69 Å². The van der Waals surface area contributed by atoms with Gasteiger partial charge in [0.25, 0.3) is 5.91 Å². The zero-order chi connectivity index (χ0) is 18.4. The highest BCUT2D eigenvalue weighted by molar-refractivity contribution is 6.06. The zero-order valence-electron chi connectivity index (χ0n) is 15.6. The van der Waals surface area contributed by atoms with Crippen LogP contribution in [0.4, 0.5) is 5.69 Å². The molecule has 1 aliphatic heterocycles. The molecule has 3 aromatic rings. The lowest BCUT2D eigenvalue weighted by Gasteiger charge is -2.29. The molecule has 0 radical (unpaired) electrons. The highest BCUT2D eigenvalue weighted by Crippen LogP contribution is 2.32. The van der Waals surface area contributed by atoms with Crippen molar-refractivity contribution < 1.29 is 4.79 Å². The number of aryl methyl sites for hydroxylation is 2. The molecule has 0 bridgehead atoms. The fourth-order valence-corrected chi connectivity index (χ4v) is 4.46. The van der Waals surface area contributed by atoms with E-state index in [1.54, 1.807) is 0 Å². The van der Waals surface area contributed by atoms with Gasteiger partial charge in [-0.05, 0) is 62.8 Å². The highest BCUT2D eigenvalue weighted by atomic mass is 16.2. The molecule has 0 saturated carbocycles. The Morgan fingerprint density at radius 3 is 2.70 bits per heavy atom. The van der Waals surface area contributed by atoms with Crippen molar-refractivity contribution in [2.75, 3.05) is 11.4 Å². The summed E-state index contributed by atoms with van der Waals surface area (Å²) in [5, 5.41) is 4.79. The van der Waals surface area contributed by atoms with E-state index in [0.29, 0.717) is 5.69 Å². The van der Waals surface area contributed by atoms with Crippen molar-refractivity contribution in [1.82, 2.24) is 9.78 Å². The number of benzene rings is 2. The van der Waals surface area contributed by atoms with E-state index in [1.165, 1.54) is 16.8 Å². The van der Waals surface area contributed by atoms with Crippen LogP contribution in [-0.4, -0.2) is 22.2 Å². The predicted molar refractivity (Wildman–Crippen MR) is 107 cm³/mol. The van der Waals surface area contributed by atoms with Gasteiger partial charge in [-0.3, -0.25) is 4.79 Å². The number of rotatable bonds is 2. The third kappa shape index (κ3) is 2.67. The number of aromatic nitrogens is 2. The summed E-state index contributed by atoms with van der Waals surface area (Å²) in [6, 6.07) is 16.5. The SMILES string of the molecule is Cc1ccc2c(c1)CCCN2C(=O)c1nn(-c2ccccc2)c2c1CCC2. The number of para-hydroxylation sites is 1. The minimum Gasteiger partial charge on any atom is -0.307 e. The molecule has 27 heavy (non-hydrogen) atoms. The van der Waals surface area contributed by atoms with Gasteiger partial charge >= 0.3 is 0 Å². The largest absolute Gasteiger partial charge is 0.307 e. The number of carbonyl (C=O) groups is 1. The van der Waals surface area contributed by atoms with Crippen molar-refractivity contribution in [3.63, 3.8) is 0 Å². The number of hydrogen-bond acceptors (Lipinski definition) is 2. The second kappa shape index (κ2) is 6.38. The summed E-state index contributed by atoms with van der Waals surface area (Å²) in [7, 11) is 0. The van der Waals surface area contributed by atoms with Crippen LogP contribution in [0, 0.1) is 6.92 Å². The first-order valence-electron chi connectivity index (χ1n) is 9.80. The molecule has 2 aromatic carbocycles. The van der Waals surface area contributed by atoms with Crippen LogP contribution in [0.2, 0.25) is 0 Å². The maximum atomic E-state index is 13.5. The Kier molecular flexibility index (Phi) is 3.85. The fourth-order valence-electron chi connectivity index (χ4n) is 4.46. The molecule has 2 heterocycles. The van der Waals surface area contributed by atoms with E-state index in [1.807, 2.05) is 27.8 Å². The van der Waals surface area contributed by atoms with Gasteiger partial charge in [-0.2, -0.15) is 5.10 Å². The number of hydrogen-bond donors (Lipinski definition) is 0. The smallest absolute Gasteiger partial charge is 0.279 e. The molecule has 4 nitrogen and oxygen atoms in total. The minimum atomic E-state index is 0.0487. The normalized spacial score (nSPS) is 15.5. The van der Waals surface area contributed by atoms with E-state index in [0.717, 1.165) is 55.6 Å². The summed E-state index contributed by atoms with van der Waals surface area (Å²) in [5.41, 5.74) is 7.59. The van der Waals surface area contributed by atoms with Crippen LogP contribution in [0.1, 0.15) is 45.7 Å². The summed E-state index contributed by atoms with van der Waals surface area (Å²) in [5.74, 6) is 0.0487. The molecule has 136 valence electrons. The third-order valence-electron chi connectivity index (χ3n) is 5.73. The number of fused-ring (bicyclic) bond motifs is 2. The van der Waals surface area contributed by atoms with Crippen LogP contribution in [0.15, 0.2) is 48.5 Å². The van der Waals surface area contributed by atoms with Crippen LogP contribution in [0.3, 0.4) is 0 Å². The Morgan fingerprint density at radius 1 is 1.00 bits per heavy atom. The topological polar surface area (TPSA) is 38.1 Å². The maximum absolute atomic E-state index is 13.5. The number of carbonyl (C=O) groups excluding carboxylic acids is 1. The van der Waals surface area contributed by atoms with Gasteiger partial charge in [-0.15, -0.1) is 0 Å². The van der Waals surface area contributed by atoms with Gasteiger partial charge in [0.15, 0.2) is 5.69 Å². The molecular formula is C23H23N3O. The molecule has 0 atom stereocenters.